The van der Waals surface area contributed by atoms with Gasteiger partial charge in [-0.1, -0.05) is 183 Å². The van der Waals surface area contributed by atoms with Crippen LogP contribution >= 0.6 is 0 Å². The predicted molar refractivity (Wildman–Crippen MR) is 381 cm³/mol. The molecule has 8 aromatic rings. The molecule has 7 fully saturated rings. The van der Waals surface area contributed by atoms with E-state index in [-0.39, 0.29) is 147 Å². The molecule has 0 saturated carbocycles. The number of aliphatic hydroxyl groups excluding tert-OH is 4. The molecule has 17 rings (SSSR count). The smallest absolute Gasteiger partial charge is 1.00 e. The fraction of sp³-hybridized carbons (Fsp3) is 0.350. The van der Waals surface area contributed by atoms with Gasteiger partial charge in [-0.25, -0.2) is 0 Å². The van der Waals surface area contributed by atoms with E-state index in [2.05, 4.69) is 60.8 Å². The molecule has 2 unspecified atom stereocenters. The molecule has 0 radical (unpaired) electrons. The molecule has 7 saturated heterocycles. The summed E-state index contributed by atoms with van der Waals surface area (Å²) in [5.41, 5.74) is 14.0. The molecule has 19 nitrogen and oxygen atoms in total. The number of aliphatic hydroxyl groups is 4. The van der Waals surface area contributed by atoms with E-state index in [1.54, 1.807) is 55.5 Å². The van der Waals surface area contributed by atoms with Crippen LogP contribution in [-0.2, 0) is 33.2 Å². The number of imide groups is 2. The first kappa shape index (κ1) is 88.2. The normalized spacial score (nSPS) is 24.2. The van der Waals surface area contributed by atoms with Crippen molar-refractivity contribution in [2.75, 3.05) is 93.0 Å². The second kappa shape index (κ2) is 48.0. The number of nitrogens with one attached hydrogen (secondary N) is 1. The maximum absolute atomic E-state index is 12.6. The second-order valence-electron chi connectivity index (χ2n) is 24.1. The number of rotatable bonds is 6. The van der Waals surface area contributed by atoms with E-state index >= 15 is 0 Å². The molecule has 0 bridgehead atoms. The van der Waals surface area contributed by atoms with Crippen molar-refractivity contribution in [2.45, 2.75) is 79.9 Å². The van der Waals surface area contributed by atoms with Crippen molar-refractivity contribution in [1.29, 1.82) is 0 Å². The minimum Gasteiger partial charge on any atom is -1.00 e. The van der Waals surface area contributed by atoms with E-state index < -0.39 is 0 Å². The van der Waals surface area contributed by atoms with E-state index in [0.29, 0.717) is 98.5 Å². The second-order valence-corrected chi connectivity index (χ2v) is 24.1. The molecule has 22 heteroatoms. The topological polar surface area (TPSA) is 288 Å². The van der Waals surface area contributed by atoms with Gasteiger partial charge in [-0.3, -0.25) is 29.4 Å². The van der Waals surface area contributed by atoms with Crippen LogP contribution in [0.4, 0.5) is 0 Å². The third-order valence-corrected chi connectivity index (χ3v) is 17.4. The number of benzene rings is 8. The molecule has 8 N–H and O–H groups in total. The standard InChI is InChI=1S/C18H15NO3.C11H14O.C10H13NO.2C10H12O2.C8H5NO2.C6H5.C4H6O2.C2H6O.CH4O.BrH.Mg.Na.H2O/c20-17-13-8-4-5-9-14(13)18(21)19(17)16-11-22-10-15(16)12-6-2-1-3-7-12;1-9-7-12-8-11(9)10-5-3-2-4-6-10;3*11-10-7-12-6-9(10)8-4-2-1-3-5-8;10-7-5-3-1-2-4-6(5)8(11)9-7;1-2-4-6-5-3-1;1-3-4(6-3)2-5-1;1-2-3;1-2;;;;/h1-9,15-16H,10-11H2;2-6,9,11H,7-8H2,1H3;1-5,9-10H,6-7,11H2;2*1-5,9-11H,6-7H2;1-4H,(H,9,10,11);1-5H;3-4H,1-2H2;3H,2H2,1H3;2H,1H3;1H;;;1H2/q;;;;;;-1;;;;;+2;+1;/p-2/t15-,16+;9-,11+;2*9-,10+;9-,10-;;;;;;;;;/m00000........./s1. The molecule has 0 aromatic heterocycles. The van der Waals surface area contributed by atoms with Crippen LogP contribution in [0.2, 0.25) is 0 Å². The number of hydrogen-bond donors (Lipinski definition) is 6. The SMILES string of the molecule is C1OCC2OC12.CCO.CO.C[C@H]1COC[C@H]1c1ccccc1.N[C@@H]1COC[C@H]1c1ccccc1.O=C1NC(=O)c2ccccc21.O=C1c2ccccc2C(=O)N1[C@@H]1COC[C@H]1c1ccccc1.O[C@@H]1COC[C@H]1c1ccccc1.O[C@H]1COC[C@H]1c1ccccc1.[Br-].[Mg+2].[Na+].[OH-].[c-]1ccccc1. The zero-order chi connectivity index (χ0) is 69.4. The molecule has 8 aromatic carbocycles. The third kappa shape index (κ3) is 26.1. The van der Waals surface area contributed by atoms with Gasteiger partial charge in [0.2, 0.25) is 0 Å². The van der Waals surface area contributed by atoms with Crippen molar-refractivity contribution in [3.63, 3.8) is 0 Å². The number of carbonyl (C=O) groups is 4. The minimum atomic E-state index is -0.326. The van der Waals surface area contributed by atoms with Crippen molar-refractivity contribution in [3.05, 3.63) is 287 Å². The van der Waals surface area contributed by atoms with E-state index in [4.69, 9.17) is 49.1 Å². The molecule has 9 aliphatic heterocycles. The summed E-state index contributed by atoms with van der Waals surface area (Å²) in [4.78, 5) is 48.5. The molecule has 102 heavy (non-hydrogen) atoms. The number of ether oxygens (including phenoxy) is 7. The van der Waals surface area contributed by atoms with Crippen molar-refractivity contribution >= 4 is 46.7 Å². The van der Waals surface area contributed by atoms with Gasteiger partial charge >= 0.3 is 52.6 Å². The maximum atomic E-state index is 12.6. The molecule has 12 atom stereocenters. The Hall–Kier alpha value is -6.23. The first-order valence-corrected chi connectivity index (χ1v) is 33.3. The maximum Gasteiger partial charge on any atom is 2.00 e. The predicted octanol–water partition coefficient (Wildman–Crippen LogP) is 3.25. The van der Waals surface area contributed by atoms with E-state index in [1.165, 1.54) is 27.2 Å². The van der Waals surface area contributed by atoms with E-state index in [1.807, 2.05) is 140 Å². The van der Waals surface area contributed by atoms with Crippen LogP contribution in [-0.4, -0.2) is 207 Å². The average molecular weight is 1480 g/mol. The zero-order valence-corrected chi connectivity index (χ0v) is 63.4. The molecular weight excluding hydrogens is 1390 g/mol. The summed E-state index contributed by atoms with van der Waals surface area (Å²) in [6, 6.07) is 77.1. The van der Waals surface area contributed by atoms with Crippen molar-refractivity contribution in [2.24, 2.45) is 11.7 Å². The first-order chi connectivity index (χ1) is 47.9. The number of halogens is 1. The van der Waals surface area contributed by atoms with Gasteiger partial charge in [0.05, 0.1) is 113 Å². The molecule has 0 aliphatic carbocycles. The van der Waals surface area contributed by atoms with Gasteiger partial charge in [0, 0.05) is 56.0 Å². The Morgan fingerprint density at radius 1 is 0.431 bits per heavy atom. The van der Waals surface area contributed by atoms with Crippen LogP contribution in [0.5, 0.6) is 0 Å². The molecule has 4 amide bonds. The first-order valence-electron chi connectivity index (χ1n) is 33.3. The number of hydrogen-bond acceptors (Lipinski definition) is 17. The number of fused-ring (bicyclic) bond motifs is 3. The summed E-state index contributed by atoms with van der Waals surface area (Å²) in [6.07, 6.45) is 0.329. The van der Waals surface area contributed by atoms with Crippen LogP contribution < -0.4 is 57.6 Å². The Morgan fingerprint density at radius 3 is 1.05 bits per heavy atom. The van der Waals surface area contributed by atoms with E-state index in [0.717, 1.165) is 45.7 Å². The zero-order valence-electron chi connectivity index (χ0n) is 58.4. The number of carbonyl (C=O) groups excluding carboxylic acids is 4. The Labute approximate surface area is 647 Å². The van der Waals surface area contributed by atoms with Crippen molar-refractivity contribution in [3.8, 4) is 0 Å². The fourth-order valence-electron chi connectivity index (χ4n) is 12.1. The van der Waals surface area contributed by atoms with Gasteiger partial charge in [0.15, 0.2) is 0 Å². The molecule has 534 valence electrons. The Morgan fingerprint density at radius 2 is 0.735 bits per heavy atom. The minimum absolute atomic E-state index is 0. The number of nitrogens with zero attached hydrogens (tertiary/aromatic N) is 1. The summed E-state index contributed by atoms with van der Waals surface area (Å²) in [6.45, 7) is 12.3. The number of nitrogens with two attached hydrogens (primary N) is 1. The molecule has 9 aliphatic rings. The molecule has 0 spiro atoms. The van der Waals surface area contributed by atoms with Gasteiger partial charge in [-0.15, -0.1) is 0 Å². The van der Waals surface area contributed by atoms with Crippen molar-refractivity contribution in [1.82, 2.24) is 10.2 Å². The van der Waals surface area contributed by atoms with Crippen LogP contribution in [0.25, 0.3) is 0 Å². The van der Waals surface area contributed by atoms with Gasteiger partial charge < -0.3 is 81.8 Å². The largest absolute Gasteiger partial charge is 2.00 e. The summed E-state index contributed by atoms with van der Waals surface area (Å²) in [5.74, 6) is 1.04. The van der Waals surface area contributed by atoms with E-state index in [9.17, 15) is 29.4 Å². The number of epoxide rings is 1. The average Bonchev–Trinajstić information content (AvgIpc) is 1.61. The summed E-state index contributed by atoms with van der Waals surface area (Å²) in [7, 11) is 1.00. The quantitative estimate of drug-likeness (QED) is 0.0603. The summed E-state index contributed by atoms with van der Waals surface area (Å²) in [5, 5.41) is 35.8. The molecular formula is C80H93BrMgN3NaO16. The van der Waals surface area contributed by atoms with Gasteiger partial charge in [-0.2, -0.15) is 36.4 Å². The Kier molecular flexibility index (Phi) is 41.5. The third-order valence-electron chi connectivity index (χ3n) is 17.4. The van der Waals surface area contributed by atoms with Crippen molar-refractivity contribution < 1.29 is 125 Å². The van der Waals surface area contributed by atoms with Crippen LogP contribution in [0.15, 0.2) is 231 Å². The molecule has 9 heterocycles. The summed E-state index contributed by atoms with van der Waals surface area (Å²) >= 11 is 0. The Balaban J connectivity index is 0.000000249. The van der Waals surface area contributed by atoms with Crippen LogP contribution in [0.3, 0.4) is 0 Å². The van der Waals surface area contributed by atoms with Crippen LogP contribution in [0.1, 0.15) is 113 Å². The number of amides is 4. The van der Waals surface area contributed by atoms with Gasteiger partial charge in [0.1, 0.15) is 12.2 Å². The van der Waals surface area contributed by atoms with Crippen LogP contribution in [0, 0.1) is 12.0 Å². The summed E-state index contributed by atoms with van der Waals surface area (Å²) < 4.78 is 36.7. The van der Waals surface area contributed by atoms with Gasteiger partial charge in [0.25, 0.3) is 23.6 Å². The van der Waals surface area contributed by atoms with Gasteiger partial charge in [-0.05, 0) is 64.9 Å². The fourth-order valence-corrected chi connectivity index (χ4v) is 12.1. The Bertz CT molecular complexity index is 3300. The monoisotopic (exact) mass is 1480 g/mol.